The fourth-order valence-electron chi connectivity index (χ4n) is 3.63. The molecule has 1 aromatic heterocycles. The summed E-state index contributed by atoms with van der Waals surface area (Å²) in [6.07, 6.45) is 8.13. The predicted octanol–water partition coefficient (Wildman–Crippen LogP) is 5.25. The number of aromatic nitrogens is 1. The van der Waals surface area contributed by atoms with Gasteiger partial charge in [0.25, 0.3) is 5.91 Å². The Kier molecular flexibility index (Phi) is 7.60. The van der Waals surface area contributed by atoms with Gasteiger partial charge >= 0.3 is 0 Å². The van der Waals surface area contributed by atoms with Gasteiger partial charge in [0, 0.05) is 35.4 Å². The van der Waals surface area contributed by atoms with Gasteiger partial charge in [-0.25, -0.2) is 0 Å². The summed E-state index contributed by atoms with van der Waals surface area (Å²) >= 11 is 0. The molecule has 3 rings (SSSR count). The zero-order valence-corrected chi connectivity index (χ0v) is 18.1. The van der Waals surface area contributed by atoms with Crippen molar-refractivity contribution in [2.24, 2.45) is 0 Å². The molecular weight excluding hydrogens is 390 g/mol. The summed E-state index contributed by atoms with van der Waals surface area (Å²) < 4.78 is 0. The molecule has 0 aliphatic carbocycles. The Bertz CT molecular complexity index is 1130. The second-order valence-electron chi connectivity index (χ2n) is 7.75. The van der Waals surface area contributed by atoms with Crippen LogP contribution in [0.2, 0.25) is 0 Å². The lowest BCUT2D eigenvalue weighted by molar-refractivity contribution is -0.114. The molecule has 3 N–H and O–H groups in total. The Morgan fingerprint density at radius 1 is 0.968 bits per heavy atom. The number of pyridine rings is 1. The van der Waals surface area contributed by atoms with Crippen LogP contribution >= 0.6 is 0 Å². The maximum atomic E-state index is 12.8. The Labute approximate surface area is 182 Å². The monoisotopic (exact) mass is 419 g/mol. The predicted molar refractivity (Wildman–Crippen MR) is 126 cm³/mol. The number of fused-ring (bicyclic) bond motifs is 1. The highest BCUT2D eigenvalue weighted by molar-refractivity contribution is 6.06. The highest BCUT2D eigenvalue weighted by atomic mass is 16.2. The lowest BCUT2D eigenvalue weighted by atomic mass is 10.0. The van der Waals surface area contributed by atoms with Crippen molar-refractivity contribution in [3.05, 3.63) is 70.0 Å². The molecule has 162 valence electrons. The van der Waals surface area contributed by atoms with Crippen LogP contribution in [0.4, 0.5) is 11.4 Å². The summed E-state index contributed by atoms with van der Waals surface area (Å²) in [7, 11) is 0. The number of aryl methyl sites for hydroxylation is 1. The molecule has 0 aliphatic heterocycles. The third kappa shape index (κ3) is 5.81. The van der Waals surface area contributed by atoms with Gasteiger partial charge in [0.1, 0.15) is 5.56 Å². The Morgan fingerprint density at radius 2 is 1.74 bits per heavy atom. The number of unbranched alkanes of at least 4 members (excludes halogenated alkanes) is 4. The molecular formula is C25H29N3O3. The molecule has 3 aromatic rings. The highest BCUT2D eigenvalue weighted by Crippen LogP contribution is 2.24. The van der Waals surface area contributed by atoms with Crippen LogP contribution in [0, 0.1) is 0 Å². The Morgan fingerprint density at radius 3 is 2.52 bits per heavy atom. The number of aromatic amines is 1. The molecule has 0 bridgehead atoms. The third-order valence-corrected chi connectivity index (χ3v) is 5.26. The summed E-state index contributed by atoms with van der Waals surface area (Å²) in [6, 6.07) is 12.5. The number of benzene rings is 2. The summed E-state index contributed by atoms with van der Waals surface area (Å²) in [5.41, 5.74) is 2.65. The quantitative estimate of drug-likeness (QED) is 0.414. The Balaban J connectivity index is 1.77. The molecule has 0 radical (unpaired) electrons. The minimum atomic E-state index is -0.493. The first-order valence-electron chi connectivity index (χ1n) is 10.8. The van der Waals surface area contributed by atoms with Crippen LogP contribution in [0.15, 0.2) is 53.5 Å². The second kappa shape index (κ2) is 10.6. The summed E-state index contributed by atoms with van der Waals surface area (Å²) in [6.45, 7) is 3.65. The fraction of sp³-hybridized carbons (Fsp3) is 0.320. The summed E-state index contributed by atoms with van der Waals surface area (Å²) in [4.78, 5) is 40.1. The highest BCUT2D eigenvalue weighted by Gasteiger charge is 2.14. The number of nitrogens with one attached hydrogen (secondary N) is 3. The molecule has 0 fully saturated rings. The van der Waals surface area contributed by atoms with Gasteiger partial charge in [-0.1, -0.05) is 50.8 Å². The van der Waals surface area contributed by atoms with Crippen LogP contribution in [0.25, 0.3) is 10.9 Å². The normalized spacial score (nSPS) is 10.8. The molecule has 0 spiro atoms. The van der Waals surface area contributed by atoms with E-state index in [1.165, 1.54) is 32.4 Å². The minimum Gasteiger partial charge on any atom is -0.360 e. The van der Waals surface area contributed by atoms with E-state index in [4.69, 9.17) is 0 Å². The first-order chi connectivity index (χ1) is 15.0. The standard InChI is InChI=1S/C25H29N3O3/c1-3-4-5-6-7-10-18-13-14-19(15-23(18)27-17(2)29)28-25(31)21-16-26-22-12-9-8-11-20(22)24(21)30/h8-9,11-16H,3-7,10H2,1-2H3,(H,26,30)(H,27,29)(H,28,31). The van der Waals surface area contributed by atoms with E-state index in [-0.39, 0.29) is 16.9 Å². The second-order valence-corrected chi connectivity index (χ2v) is 7.75. The van der Waals surface area contributed by atoms with Crippen molar-refractivity contribution in [1.82, 2.24) is 4.98 Å². The lowest BCUT2D eigenvalue weighted by Crippen LogP contribution is -2.22. The van der Waals surface area contributed by atoms with E-state index in [1.807, 2.05) is 12.1 Å². The maximum Gasteiger partial charge on any atom is 0.261 e. The first-order valence-corrected chi connectivity index (χ1v) is 10.8. The molecule has 0 aliphatic rings. The SMILES string of the molecule is CCCCCCCc1ccc(NC(=O)c2c[nH]c3ccccc3c2=O)cc1NC(C)=O. The largest absolute Gasteiger partial charge is 0.360 e. The van der Waals surface area contributed by atoms with Crippen LogP contribution in [0.5, 0.6) is 0 Å². The van der Waals surface area contributed by atoms with Crippen LogP contribution in [0.1, 0.15) is 61.9 Å². The molecule has 31 heavy (non-hydrogen) atoms. The molecule has 0 saturated carbocycles. The van der Waals surface area contributed by atoms with Gasteiger partial charge in [0.15, 0.2) is 0 Å². The van der Waals surface area contributed by atoms with E-state index in [1.54, 1.807) is 30.3 Å². The van der Waals surface area contributed by atoms with E-state index >= 15 is 0 Å². The number of anilines is 2. The van der Waals surface area contributed by atoms with Crippen molar-refractivity contribution in [2.75, 3.05) is 10.6 Å². The van der Waals surface area contributed by atoms with Gasteiger partial charge in [0.2, 0.25) is 11.3 Å². The molecule has 2 aromatic carbocycles. The van der Waals surface area contributed by atoms with Gasteiger partial charge in [0.05, 0.1) is 0 Å². The van der Waals surface area contributed by atoms with E-state index in [0.29, 0.717) is 22.3 Å². The number of carbonyl (C=O) groups is 2. The van der Waals surface area contributed by atoms with E-state index < -0.39 is 5.91 Å². The van der Waals surface area contributed by atoms with Crippen molar-refractivity contribution in [1.29, 1.82) is 0 Å². The zero-order valence-electron chi connectivity index (χ0n) is 18.1. The van der Waals surface area contributed by atoms with Gasteiger partial charge in [-0.3, -0.25) is 14.4 Å². The van der Waals surface area contributed by atoms with Crippen molar-refractivity contribution in [2.45, 2.75) is 52.4 Å². The first kappa shape index (κ1) is 22.3. The average Bonchev–Trinajstić information content (AvgIpc) is 2.75. The lowest BCUT2D eigenvalue weighted by Gasteiger charge is -2.13. The molecule has 0 unspecified atom stereocenters. The van der Waals surface area contributed by atoms with Gasteiger partial charge in [-0.15, -0.1) is 0 Å². The third-order valence-electron chi connectivity index (χ3n) is 5.26. The number of H-pyrrole nitrogens is 1. The Hall–Kier alpha value is -3.41. The molecule has 6 nitrogen and oxygen atoms in total. The fourth-order valence-corrected chi connectivity index (χ4v) is 3.63. The van der Waals surface area contributed by atoms with Crippen molar-refractivity contribution < 1.29 is 9.59 Å². The van der Waals surface area contributed by atoms with Gasteiger partial charge in [-0.2, -0.15) is 0 Å². The van der Waals surface area contributed by atoms with E-state index in [2.05, 4.69) is 22.5 Å². The van der Waals surface area contributed by atoms with Crippen molar-refractivity contribution in [3.8, 4) is 0 Å². The van der Waals surface area contributed by atoms with Gasteiger partial charge < -0.3 is 15.6 Å². The summed E-state index contributed by atoms with van der Waals surface area (Å²) in [5, 5.41) is 6.10. The number of rotatable bonds is 9. The van der Waals surface area contributed by atoms with Crippen molar-refractivity contribution in [3.63, 3.8) is 0 Å². The molecule has 2 amide bonds. The van der Waals surface area contributed by atoms with E-state index in [0.717, 1.165) is 24.8 Å². The summed E-state index contributed by atoms with van der Waals surface area (Å²) in [5.74, 6) is -0.658. The molecule has 1 heterocycles. The van der Waals surface area contributed by atoms with Crippen LogP contribution in [-0.4, -0.2) is 16.8 Å². The van der Waals surface area contributed by atoms with E-state index in [9.17, 15) is 14.4 Å². The van der Waals surface area contributed by atoms with Crippen LogP contribution in [0.3, 0.4) is 0 Å². The van der Waals surface area contributed by atoms with Crippen LogP contribution < -0.4 is 16.1 Å². The van der Waals surface area contributed by atoms with Crippen LogP contribution in [-0.2, 0) is 11.2 Å². The number of carbonyl (C=O) groups excluding carboxylic acids is 2. The van der Waals surface area contributed by atoms with Gasteiger partial charge in [-0.05, 0) is 42.7 Å². The maximum absolute atomic E-state index is 12.8. The number of para-hydroxylation sites is 1. The topological polar surface area (TPSA) is 91.1 Å². The minimum absolute atomic E-state index is 0.0415. The number of hydrogen-bond donors (Lipinski definition) is 3. The average molecular weight is 420 g/mol. The number of hydrogen-bond acceptors (Lipinski definition) is 3. The molecule has 0 atom stereocenters. The zero-order chi connectivity index (χ0) is 22.2. The molecule has 6 heteroatoms. The smallest absolute Gasteiger partial charge is 0.261 e. The number of amides is 2. The molecule has 0 saturated heterocycles. The van der Waals surface area contributed by atoms with Crippen molar-refractivity contribution >= 4 is 34.1 Å².